The fourth-order valence-electron chi connectivity index (χ4n) is 4.25. The molecule has 4 rings (SSSR count). The number of hydrogen-bond acceptors (Lipinski definition) is 4. The Balaban J connectivity index is 1.40. The van der Waals surface area contributed by atoms with Gasteiger partial charge in [-0.1, -0.05) is 36.4 Å². The third kappa shape index (κ3) is 3.57. The van der Waals surface area contributed by atoms with Gasteiger partial charge in [-0.25, -0.2) is 0 Å². The second kappa shape index (κ2) is 7.48. The van der Waals surface area contributed by atoms with E-state index in [0.29, 0.717) is 19.1 Å². The van der Waals surface area contributed by atoms with Crippen LogP contribution in [-0.4, -0.2) is 46.3 Å². The van der Waals surface area contributed by atoms with Crippen molar-refractivity contribution < 1.29 is 9.72 Å². The molecule has 0 radical (unpaired) electrons. The van der Waals surface area contributed by atoms with E-state index in [1.54, 1.807) is 23.1 Å². The molecule has 2 aromatic rings. The lowest BCUT2D eigenvalue weighted by atomic mass is 9.95. The number of para-hydroxylation sites is 1. The Hall–Kier alpha value is -2.73. The molecule has 2 aliphatic rings. The lowest BCUT2D eigenvalue weighted by Gasteiger charge is -2.40. The number of hydrogen-bond donors (Lipinski definition) is 0. The molecule has 0 spiro atoms. The van der Waals surface area contributed by atoms with E-state index in [0.717, 1.165) is 32.4 Å². The maximum absolute atomic E-state index is 12.8. The number of carbonyl (C=O) groups is 1. The zero-order valence-corrected chi connectivity index (χ0v) is 15.2. The van der Waals surface area contributed by atoms with Crippen LogP contribution < -0.4 is 0 Å². The second-order valence-corrected chi connectivity index (χ2v) is 7.29. The van der Waals surface area contributed by atoms with Gasteiger partial charge in [0.15, 0.2) is 0 Å². The van der Waals surface area contributed by atoms with Gasteiger partial charge in [0, 0.05) is 38.3 Å². The third-order valence-electron chi connectivity index (χ3n) is 5.76. The Morgan fingerprint density at radius 2 is 1.63 bits per heavy atom. The van der Waals surface area contributed by atoms with Crippen LogP contribution in [0.15, 0.2) is 48.5 Å². The Labute approximate surface area is 158 Å². The van der Waals surface area contributed by atoms with Crippen molar-refractivity contribution >= 4 is 11.6 Å². The number of nitro groups is 1. The van der Waals surface area contributed by atoms with Gasteiger partial charge in [-0.3, -0.25) is 19.8 Å². The van der Waals surface area contributed by atoms with E-state index in [-0.39, 0.29) is 17.2 Å². The van der Waals surface area contributed by atoms with Crippen molar-refractivity contribution in [1.29, 1.82) is 0 Å². The number of nitro benzene ring substituents is 1. The standard InChI is InChI=1S/C21H23N3O3/c25-21(19-7-3-4-8-20(19)24(26)27)22-13-10-18(11-14-22)23-12-9-16-5-1-2-6-17(16)15-23/h1-8,18H,9-15H2. The fraction of sp³-hybridized carbons (Fsp3) is 0.381. The van der Waals surface area contributed by atoms with Gasteiger partial charge in [0.1, 0.15) is 5.56 Å². The number of benzene rings is 2. The highest BCUT2D eigenvalue weighted by Crippen LogP contribution is 2.26. The van der Waals surface area contributed by atoms with Crippen LogP contribution in [0.2, 0.25) is 0 Å². The van der Waals surface area contributed by atoms with Crippen molar-refractivity contribution in [3.63, 3.8) is 0 Å². The normalized spacial score (nSPS) is 18.1. The predicted molar refractivity (Wildman–Crippen MR) is 103 cm³/mol. The van der Waals surface area contributed by atoms with E-state index < -0.39 is 4.92 Å². The number of piperidine rings is 1. The molecule has 1 amide bonds. The molecule has 27 heavy (non-hydrogen) atoms. The second-order valence-electron chi connectivity index (χ2n) is 7.29. The van der Waals surface area contributed by atoms with Crippen LogP contribution in [0.1, 0.15) is 34.3 Å². The zero-order chi connectivity index (χ0) is 18.8. The summed E-state index contributed by atoms with van der Waals surface area (Å²) < 4.78 is 0. The first-order valence-corrected chi connectivity index (χ1v) is 9.47. The molecule has 2 aromatic carbocycles. The quantitative estimate of drug-likeness (QED) is 0.619. The van der Waals surface area contributed by atoms with E-state index >= 15 is 0 Å². The number of nitrogens with zero attached hydrogens (tertiary/aromatic N) is 3. The van der Waals surface area contributed by atoms with E-state index in [1.807, 2.05) is 0 Å². The molecule has 0 unspecified atom stereocenters. The van der Waals surface area contributed by atoms with E-state index in [9.17, 15) is 14.9 Å². The molecular weight excluding hydrogens is 342 g/mol. The van der Waals surface area contributed by atoms with Crippen LogP contribution in [0.25, 0.3) is 0 Å². The smallest absolute Gasteiger partial charge is 0.282 e. The first kappa shape index (κ1) is 17.7. The third-order valence-corrected chi connectivity index (χ3v) is 5.76. The maximum Gasteiger partial charge on any atom is 0.282 e. The highest BCUT2D eigenvalue weighted by molar-refractivity contribution is 5.98. The van der Waals surface area contributed by atoms with Crippen molar-refractivity contribution in [1.82, 2.24) is 9.80 Å². The van der Waals surface area contributed by atoms with Gasteiger partial charge in [-0.15, -0.1) is 0 Å². The Morgan fingerprint density at radius 3 is 2.37 bits per heavy atom. The van der Waals surface area contributed by atoms with Gasteiger partial charge in [0.25, 0.3) is 11.6 Å². The minimum Gasteiger partial charge on any atom is -0.338 e. The summed E-state index contributed by atoms with van der Waals surface area (Å²) in [7, 11) is 0. The minimum atomic E-state index is -0.481. The average Bonchev–Trinajstić information content (AvgIpc) is 2.73. The number of carbonyl (C=O) groups excluding carboxylic acids is 1. The van der Waals surface area contributed by atoms with Gasteiger partial charge >= 0.3 is 0 Å². The first-order valence-electron chi connectivity index (χ1n) is 9.47. The van der Waals surface area contributed by atoms with Crippen molar-refractivity contribution in [2.45, 2.75) is 31.8 Å². The van der Waals surface area contributed by atoms with Crippen LogP contribution in [0, 0.1) is 10.1 Å². The Morgan fingerprint density at radius 1 is 0.963 bits per heavy atom. The van der Waals surface area contributed by atoms with E-state index in [1.165, 1.54) is 17.2 Å². The summed E-state index contributed by atoms with van der Waals surface area (Å²) in [6, 6.07) is 15.3. The molecule has 0 atom stereocenters. The maximum atomic E-state index is 12.8. The summed E-state index contributed by atoms with van der Waals surface area (Å²) >= 11 is 0. The van der Waals surface area contributed by atoms with Crippen LogP contribution in [0.3, 0.4) is 0 Å². The molecule has 6 heteroatoms. The van der Waals surface area contributed by atoms with E-state index in [4.69, 9.17) is 0 Å². The van der Waals surface area contributed by atoms with Gasteiger partial charge in [-0.2, -0.15) is 0 Å². The summed E-state index contributed by atoms with van der Waals surface area (Å²) in [6.45, 7) is 3.32. The molecule has 0 saturated carbocycles. The minimum absolute atomic E-state index is 0.114. The SMILES string of the molecule is O=C(c1ccccc1[N+](=O)[O-])N1CCC(N2CCc3ccccc3C2)CC1. The molecule has 0 aliphatic carbocycles. The molecule has 0 bridgehead atoms. The average molecular weight is 365 g/mol. The van der Waals surface area contributed by atoms with Gasteiger partial charge < -0.3 is 4.90 Å². The first-order chi connectivity index (χ1) is 13.1. The molecule has 0 aromatic heterocycles. The predicted octanol–water partition coefficient (Wildman–Crippen LogP) is 3.26. The van der Waals surface area contributed by atoms with Crippen LogP contribution in [0.5, 0.6) is 0 Å². The van der Waals surface area contributed by atoms with Gasteiger partial charge in [-0.05, 0) is 36.5 Å². The summed E-state index contributed by atoms with van der Waals surface area (Å²) in [5, 5.41) is 11.2. The Bertz CT molecular complexity index is 859. The van der Waals surface area contributed by atoms with E-state index in [2.05, 4.69) is 29.2 Å². The summed E-state index contributed by atoms with van der Waals surface area (Å²) in [5.74, 6) is -0.232. The zero-order valence-electron chi connectivity index (χ0n) is 15.2. The molecule has 6 nitrogen and oxygen atoms in total. The number of likely N-dealkylation sites (tertiary alicyclic amines) is 1. The molecule has 140 valence electrons. The highest BCUT2D eigenvalue weighted by Gasteiger charge is 2.31. The summed E-state index contributed by atoms with van der Waals surface area (Å²) in [6.07, 6.45) is 2.90. The van der Waals surface area contributed by atoms with Crippen molar-refractivity contribution in [2.24, 2.45) is 0 Å². The van der Waals surface area contributed by atoms with Crippen LogP contribution in [0.4, 0.5) is 5.69 Å². The van der Waals surface area contributed by atoms with Crippen LogP contribution in [-0.2, 0) is 13.0 Å². The number of rotatable bonds is 3. The fourth-order valence-corrected chi connectivity index (χ4v) is 4.25. The highest BCUT2D eigenvalue weighted by atomic mass is 16.6. The number of amides is 1. The molecule has 0 N–H and O–H groups in total. The molecule has 1 fully saturated rings. The van der Waals surface area contributed by atoms with Crippen molar-refractivity contribution in [3.8, 4) is 0 Å². The largest absolute Gasteiger partial charge is 0.338 e. The lowest BCUT2D eigenvalue weighted by molar-refractivity contribution is -0.385. The van der Waals surface area contributed by atoms with Gasteiger partial charge in [0.2, 0.25) is 0 Å². The Kier molecular flexibility index (Phi) is 4.90. The summed E-state index contributed by atoms with van der Waals surface area (Å²) in [4.78, 5) is 27.8. The molecule has 1 saturated heterocycles. The monoisotopic (exact) mass is 365 g/mol. The molecular formula is C21H23N3O3. The molecule has 2 aliphatic heterocycles. The van der Waals surface area contributed by atoms with Crippen molar-refractivity contribution in [3.05, 3.63) is 75.3 Å². The van der Waals surface area contributed by atoms with Gasteiger partial charge in [0.05, 0.1) is 4.92 Å². The van der Waals surface area contributed by atoms with Crippen molar-refractivity contribution in [2.75, 3.05) is 19.6 Å². The topological polar surface area (TPSA) is 66.7 Å². The van der Waals surface area contributed by atoms with Crippen LogP contribution >= 0.6 is 0 Å². The summed E-state index contributed by atoms with van der Waals surface area (Å²) in [5.41, 5.74) is 2.92. The lowest BCUT2D eigenvalue weighted by Crippen LogP contribution is -2.48. The molecule has 2 heterocycles. The number of fused-ring (bicyclic) bond motifs is 1.